The fourth-order valence-corrected chi connectivity index (χ4v) is 2.49. The number of hydrogen-bond donors (Lipinski definition) is 2. The number of carbonyl (C=O) groups excluding carboxylic acids is 1. The summed E-state index contributed by atoms with van der Waals surface area (Å²) in [5, 5.41) is 14.2. The van der Waals surface area contributed by atoms with Crippen molar-refractivity contribution in [1.29, 1.82) is 0 Å². The van der Waals surface area contributed by atoms with Gasteiger partial charge in [-0.1, -0.05) is 12.1 Å². The second kappa shape index (κ2) is 6.07. The highest BCUT2D eigenvalue weighted by molar-refractivity contribution is 6.01. The molecule has 1 aromatic heterocycles. The molecule has 1 saturated heterocycles. The summed E-state index contributed by atoms with van der Waals surface area (Å²) < 4.78 is 5.28. The third-order valence-electron chi connectivity index (χ3n) is 3.62. The molecule has 0 unspecified atom stereocenters. The number of nitrogens with zero attached hydrogens (tertiary/aromatic N) is 2. The summed E-state index contributed by atoms with van der Waals surface area (Å²) in [6.07, 6.45) is 3.46. The minimum Gasteiger partial charge on any atom is -0.394 e. The van der Waals surface area contributed by atoms with E-state index < -0.39 is 0 Å². The molecular weight excluding hydrogens is 270 g/mol. The lowest BCUT2D eigenvalue weighted by Crippen LogP contribution is -2.52. The quantitative estimate of drug-likeness (QED) is 0.877. The summed E-state index contributed by atoms with van der Waals surface area (Å²) in [5.74, 6) is 0. The van der Waals surface area contributed by atoms with E-state index in [1.807, 2.05) is 24.3 Å². The van der Waals surface area contributed by atoms with Crippen molar-refractivity contribution in [2.75, 3.05) is 31.7 Å². The van der Waals surface area contributed by atoms with Gasteiger partial charge in [0, 0.05) is 29.7 Å². The zero-order chi connectivity index (χ0) is 14.7. The number of aliphatic hydroxyl groups is 1. The first kappa shape index (κ1) is 13.8. The van der Waals surface area contributed by atoms with Gasteiger partial charge >= 0.3 is 6.03 Å². The highest BCUT2D eigenvalue weighted by atomic mass is 16.5. The van der Waals surface area contributed by atoms with Gasteiger partial charge in [0.25, 0.3) is 0 Å². The molecule has 2 amide bonds. The fourth-order valence-electron chi connectivity index (χ4n) is 2.49. The van der Waals surface area contributed by atoms with Crippen molar-refractivity contribution in [2.24, 2.45) is 0 Å². The summed E-state index contributed by atoms with van der Waals surface area (Å²) >= 11 is 0. The van der Waals surface area contributed by atoms with Crippen LogP contribution in [0.2, 0.25) is 0 Å². The Morgan fingerprint density at radius 2 is 2.38 bits per heavy atom. The first-order chi connectivity index (χ1) is 10.3. The number of ether oxygens (including phenoxy) is 1. The number of morpholine rings is 1. The van der Waals surface area contributed by atoms with Crippen LogP contribution < -0.4 is 5.32 Å². The van der Waals surface area contributed by atoms with Crippen LogP contribution >= 0.6 is 0 Å². The molecule has 1 aliphatic heterocycles. The molecule has 0 saturated carbocycles. The molecule has 0 radical (unpaired) electrons. The highest BCUT2D eigenvalue weighted by Gasteiger charge is 2.26. The average molecular weight is 287 g/mol. The van der Waals surface area contributed by atoms with Crippen LogP contribution in [0.1, 0.15) is 0 Å². The molecule has 21 heavy (non-hydrogen) atoms. The Morgan fingerprint density at radius 3 is 3.24 bits per heavy atom. The summed E-state index contributed by atoms with van der Waals surface area (Å²) in [6.45, 7) is 1.23. The van der Waals surface area contributed by atoms with Crippen LogP contribution in [0.15, 0.2) is 36.7 Å². The van der Waals surface area contributed by atoms with Crippen LogP contribution in [0, 0.1) is 0 Å². The minimum absolute atomic E-state index is 0.104. The summed E-state index contributed by atoms with van der Waals surface area (Å²) in [5.41, 5.74) is 0.739. The standard InChI is InChI=1S/C15H17N3O3/c19-9-12-10-21-7-6-18(12)15(20)17-14-3-1-2-11-8-16-5-4-13(11)14/h1-5,8,12,19H,6-7,9-10H2,(H,17,20)/t12-/m0/s1. The van der Waals surface area contributed by atoms with Crippen molar-refractivity contribution in [2.45, 2.75) is 6.04 Å². The van der Waals surface area contributed by atoms with E-state index in [1.165, 1.54) is 0 Å². The van der Waals surface area contributed by atoms with Crippen molar-refractivity contribution in [1.82, 2.24) is 9.88 Å². The van der Waals surface area contributed by atoms with Crippen molar-refractivity contribution in [3.8, 4) is 0 Å². The van der Waals surface area contributed by atoms with E-state index in [2.05, 4.69) is 10.3 Å². The molecule has 2 N–H and O–H groups in total. The number of amides is 2. The van der Waals surface area contributed by atoms with Gasteiger partial charge in [-0.05, 0) is 12.1 Å². The van der Waals surface area contributed by atoms with Gasteiger partial charge in [-0.3, -0.25) is 4.98 Å². The van der Waals surface area contributed by atoms with Gasteiger partial charge in [0.1, 0.15) is 0 Å². The van der Waals surface area contributed by atoms with E-state index in [9.17, 15) is 9.90 Å². The van der Waals surface area contributed by atoms with Crippen LogP contribution in [0.25, 0.3) is 10.8 Å². The average Bonchev–Trinajstić information content (AvgIpc) is 2.55. The number of nitrogens with one attached hydrogen (secondary N) is 1. The highest BCUT2D eigenvalue weighted by Crippen LogP contribution is 2.23. The maximum atomic E-state index is 12.4. The number of aromatic nitrogens is 1. The van der Waals surface area contributed by atoms with Crippen LogP contribution in [-0.4, -0.2) is 53.4 Å². The lowest BCUT2D eigenvalue weighted by molar-refractivity contribution is -0.00484. The maximum absolute atomic E-state index is 12.4. The van der Waals surface area contributed by atoms with Gasteiger partial charge in [-0.2, -0.15) is 0 Å². The van der Waals surface area contributed by atoms with Crippen molar-refractivity contribution >= 4 is 22.5 Å². The third kappa shape index (κ3) is 2.81. The van der Waals surface area contributed by atoms with Gasteiger partial charge < -0.3 is 20.1 Å². The van der Waals surface area contributed by atoms with Crippen molar-refractivity contribution < 1.29 is 14.6 Å². The van der Waals surface area contributed by atoms with Crippen molar-refractivity contribution in [3.05, 3.63) is 36.7 Å². The Balaban J connectivity index is 1.83. The zero-order valence-corrected chi connectivity index (χ0v) is 11.5. The van der Waals surface area contributed by atoms with E-state index in [-0.39, 0.29) is 18.7 Å². The van der Waals surface area contributed by atoms with E-state index in [4.69, 9.17) is 4.74 Å². The number of carbonyl (C=O) groups is 1. The topological polar surface area (TPSA) is 74.7 Å². The fraction of sp³-hybridized carbons (Fsp3) is 0.333. The second-order valence-electron chi connectivity index (χ2n) is 4.94. The molecule has 3 rings (SSSR count). The largest absolute Gasteiger partial charge is 0.394 e. The molecule has 2 aromatic rings. The van der Waals surface area contributed by atoms with Crippen molar-refractivity contribution in [3.63, 3.8) is 0 Å². The summed E-state index contributed by atoms with van der Waals surface area (Å²) in [6, 6.07) is 7.03. The maximum Gasteiger partial charge on any atom is 0.322 e. The molecule has 0 spiro atoms. The summed E-state index contributed by atoms with van der Waals surface area (Å²) in [4.78, 5) is 18.1. The number of aliphatic hydroxyl groups excluding tert-OH is 1. The number of fused-ring (bicyclic) bond motifs is 1. The first-order valence-electron chi connectivity index (χ1n) is 6.88. The van der Waals surface area contributed by atoms with Crippen LogP contribution in [0.5, 0.6) is 0 Å². The molecule has 6 nitrogen and oxygen atoms in total. The lowest BCUT2D eigenvalue weighted by atomic mass is 10.1. The first-order valence-corrected chi connectivity index (χ1v) is 6.88. The number of hydrogen-bond acceptors (Lipinski definition) is 4. The number of urea groups is 1. The van der Waals surface area contributed by atoms with Gasteiger partial charge in [-0.15, -0.1) is 0 Å². The normalized spacial score (nSPS) is 18.7. The Morgan fingerprint density at radius 1 is 1.48 bits per heavy atom. The lowest BCUT2D eigenvalue weighted by Gasteiger charge is -2.34. The molecule has 1 atom stereocenters. The number of anilines is 1. The van der Waals surface area contributed by atoms with E-state index in [0.29, 0.717) is 19.8 Å². The molecule has 0 aliphatic carbocycles. The predicted octanol–water partition coefficient (Wildman–Crippen LogP) is 1.46. The van der Waals surface area contributed by atoms with Gasteiger partial charge in [0.05, 0.1) is 31.5 Å². The molecule has 2 heterocycles. The number of rotatable bonds is 2. The molecule has 1 fully saturated rings. The van der Waals surface area contributed by atoms with Gasteiger partial charge in [0.2, 0.25) is 0 Å². The second-order valence-corrected chi connectivity index (χ2v) is 4.94. The minimum atomic E-state index is -0.296. The van der Waals surface area contributed by atoms with E-state index >= 15 is 0 Å². The van der Waals surface area contributed by atoms with Crippen LogP contribution in [-0.2, 0) is 4.74 Å². The van der Waals surface area contributed by atoms with E-state index in [1.54, 1.807) is 17.3 Å². The Bertz CT molecular complexity index is 642. The molecular formula is C15H17N3O3. The zero-order valence-electron chi connectivity index (χ0n) is 11.5. The SMILES string of the molecule is O=C(Nc1cccc2cnccc12)N1CCOC[C@@H]1CO. The number of benzene rings is 1. The summed E-state index contributed by atoms with van der Waals surface area (Å²) in [7, 11) is 0. The Hall–Kier alpha value is -2.18. The van der Waals surface area contributed by atoms with E-state index in [0.717, 1.165) is 16.5 Å². The van der Waals surface area contributed by atoms with Crippen LogP contribution in [0.3, 0.4) is 0 Å². The third-order valence-corrected chi connectivity index (χ3v) is 3.62. The molecule has 1 aromatic carbocycles. The molecule has 6 heteroatoms. The molecule has 0 bridgehead atoms. The molecule has 1 aliphatic rings. The Kier molecular flexibility index (Phi) is 3.98. The Labute approximate surface area is 122 Å². The smallest absolute Gasteiger partial charge is 0.322 e. The number of pyridine rings is 1. The monoisotopic (exact) mass is 287 g/mol. The van der Waals surface area contributed by atoms with Gasteiger partial charge in [-0.25, -0.2) is 4.79 Å². The van der Waals surface area contributed by atoms with Crippen LogP contribution in [0.4, 0.5) is 10.5 Å². The predicted molar refractivity (Wildman–Crippen MR) is 79.2 cm³/mol. The molecule has 110 valence electrons. The van der Waals surface area contributed by atoms with Gasteiger partial charge in [0.15, 0.2) is 0 Å².